The number of nitrogens with one attached hydrogen (secondary N) is 1. The van der Waals surface area contributed by atoms with Crippen molar-refractivity contribution < 1.29 is 0 Å². The Hall–Kier alpha value is -2.80. The summed E-state index contributed by atoms with van der Waals surface area (Å²) in [6.45, 7) is 4.30. The largest absolute Gasteiger partial charge is 0.350 e. The summed E-state index contributed by atoms with van der Waals surface area (Å²) in [6.07, 6.45) is 8.05. The monoisotopic (exact) mass is 375 g/mol. The first kappa shape index (κ1) is 17.3. The lowest BCUT2D eigenvalue weighted by Gasteiger charge is -2.29. The minimum absolute atomic E-state index is 0.440. The zero-order valence-electron chi connectivity index (χ0n) is 16.4. The molecule has 3 aromatic heterocycles. The van der Waals surface area contributed by atoms with Crippen LogP contribution in [0.4, 0.5) is 11.6 Å². The molecule has 2 aliphatic heterocycles. The lowest BCUT2D eigenvalue weighted by molar-refractivity contribution is 0.263. The summed E-state index contributed by atoms with van der Waals surface area (Å²) in [5.74, 6) is 0.687. The van der Waals surface area contributed by atoms with E-state index in [1.165, 1.54) is 5.71 Å². The molecule has 0 aromatic carbocycles. The van der Waals surface area contributed by atoms with Crippen LogP contribution >= 0.6 is 0 Å². The van der Waals surface area contributed by atoms with Crippen LogP contribution in [0.25, 0.3) is 16.8 Å². The van der Waals surface area contributed by atoms with Gasteiger partial charge in [0.05, 0.1) is 28.8 Å². The predicted molar refractivity (Wildman–Crippen MR) is 111 cm³/mol. The van der Waals surface area contributed by atoms with Crippen LogP contribution in [0.2, 0.25) is 0 Å². The van der Waals surface area contributed by atoms with Crippen LogP contribution in [-0.4, -0.2) is 56.4 Å². The van der Waals surface area contributed by atoms with Crippen molar-refractivity contribution in [2.24, 2.45) is 4.99 Å². The third-order valence-corrected chi connectivity index (χ3v) is 5.73. The first-order chi connectivity index (χ1) is 13.7. The molecule has 3 aromatic rings. The molecule has 0 unspecified atom stereocenters. The molecule has 0 bridgehead atoms. The topological polar surface area (TPSA) is 70.7 Å². The first-order valence-electron chi connectivity index (χ1n) is 9.99. The van der Waals surface area contributed by atoms with Gasteiger partial charge >= 0.3 is 0 Å². The highest BCUT2D eigenvalue weighted by Crippen LogP contribution is 2.30. The molecule has 0 radical (unpaired) electrons. The van der Waals surface area contributed by atoms with Crippen molar-refractivity contribution in [3.8, 4) is 11.3 Å². The molecule has 7 heteroatoms. The van der Waals surface area contributed by atoms with E-state index in [2.05, 4.69) is 51.4 Å². The molecule has 5 heterocycles. The van der Waals surface area contributed by atoms with Gasteiger partial charge in [0.25, 0.3) is 0 Å². The molecule has 5 rings (SSSR count). The molecule has 1 saturated heterocycles. The van der Waals surface area contributed by atoms with Gasteiger partial charge in [-0.3, -0.25) is 9.98 Å². The lowest BCUT2D eigenvalue weighted by atomic mass is 10.1. The van der Waals surface area contributed by atoms with E-state index in [4.69, 9.17) is 4.98 Å². The summed E-state index contributed by atoms with van der Waals surface area (Å²) >= 11 is 0. The van der Waals surface area contributed by atoms with Crippen molar-refractivity contribution >= 4 is 22.9 Å². The highest BCUT2D eigenvalue weighted by molar-refractivity contribution is 5.87. The van der Waals surface area contributed by atoms with Crippen molar-refractivity contribution in [1.82, 2.24) is 24.5 Å². The average Bonchev–Trinajstić information content (AvgIpc) is 3.12. The minimum atomic E-state index is 0.440. The van der Waals surface area contributed by atoms with Gasteiger partial charge < -0.3 is 10.2 Å². The van der Waals surface area contributed by atoms with Crippen molar-refractivity contribution in [2.75, 3.05) is 25.5 Å². The minimum Gasteiger partial charge on any atom is -0.350 e. The maximum Gasteiger partial charge on any atom is 0.241 e. The second-order valence-electron chi connectivity index (χ2n) is 7.87. The van der Waals surface area contributed by atoms with Gasteiger partial charge in [0, 0.05) is 23.5 Å². The number of hydrogen-bond acceptors (Lipinski definition) is 6. The Labute approximate surface area is 164 Å². The number of aliphatic imine (C=N–C) groups is 1. The maximum absolute atomic E-state index is 4.87. The molecule has 1 fully saturated rings. The Morgan fingerprint density at radius 3 is 2.82 bits per heavy atom. The van der Waals surface area contributed by atoms with Crippen LogP contribution < -0.4 is 5.32 Å². The number of aryl methyl sites for hydroxylation is 1. The third-order valence-electron chi connectivity index (χ3n) is 5.73. The molecule has 28 heavy (non-hydrogen) atoms. The smallest absolute Gasteiger partial charge is 0.241 e. The van der Waals surface area contributed by atoms with Gasteiger partial charge in [-0.15, -0.1) is 5.10 Å². The standard InChI is InChI=1S/C21H25N7/c1-14-3-4-19-18(23-14)6-5-17(25-19)16-9-12-28-20(16)13-22-21(26-28)24-15-7-10-27(2)11-8-15/h5-6,9,12-13,15H,3-4,7-8,10-11H2,1-2H3,(H,24,26). The first-order valence-corrected chi connectivity index (χ1v) is 9.99. The summed E-state index contributed by atoms with van der Waals surface area (Å²) in [5.41, 5.74) is 6.22. The Bertz CT molecular complexity index is 1040. The van der Waals surface area contributed by atoms with Gasteiger partial charge in [0.15, 0.2) is 0 Å². The molecular weight excluding hydrogens is 350 g/mol. The molecule has 0 saturated carbocycles. The lowest BCUT2D eigenvalue weighted by Crippen LogP contribution is -2.37. The summed E-state index contributed by atoms with van der Waals surface area (Å²) in [5, 5.41) is 8.15. The number of pyridine rings is 1. The fraction of sp³-hybridized carbons (Fsp3) is 0.429. The van der Waals surface area contributed by atoms with Crippen LogP contribution in [0.15, 0.2) is 35.6 Å². The zero-order valence-corrected chi connectivity index (χ0v) is 16.4. The molecule has 7 nitrogen and oxygen atoms in total. The maximum atomic E-state index is 4.87. The number of rotatable bonds is 3. The van der Waals surface area contributed by atoms with Gasteiger partial charge in [-0.1, -0.05) is 0 Å². The third kappa shape index (κ3) is 3.26. The number of likely N-dealkylation sites (tertiary alicyclic amines) is 1. The van der Waals surface area contributed by atoms with Crippen LogP contribution in [0.3, 0.4) is 0 Å². The van der Waals surface area contributed by atoms with Crippen LogP contribution in [0.5, 0.6) is 0 Å². The van der Waals surface area contributed by atoms with Crippen molar-refractivity contribution in [2.45, 2.75) is 38.6 Å². The van der Waals surface area contributed by atoms with Crippen molar-refractivity contribution in [1.29, 1.82) is 0 Å². The van der Waals surface area contributed by atoms with E-state index in [0.29, 0.717) is 12.0 Å². The molecular formula is C21H25N7. The number of aromatic nitrogens is 4. The number of hydrogen-bond donors (Lipinski definition) is 1. The zero-order chi connectivity index (χ0) is 19.1. The van der Waals surface area contributed by atoms with E-state index in [0.717, 1.165) is 66.9 Å². The van der Waals surface area contributed by atoms with Gasteiger partial charge in [-0.25, -0.2) is 9.50 Å². The number of anilines is 1. The number of piperidine rings is 1. The Balaban J connectivity index is 1.41. The van der Waals surface area contributed by atoms with E-state index in [9.17, 15) is 0 Å². The quantitative estimate of drug-likeness (QED) is 0.760. The fourth-order valence-electron chi connectivity index (χ4n) is 4.01. The van der Waals surface area contributed by atoms with E-state index >= 15 is 0 Å². The van der Waals surface area contributed by atoms with Crippen LogP contribution in [0, 0.1) is 0 Å². The van der Waals surface area contributed by atoms with Gasteiger partial charge in [0.1, 0.15) is 0 Å². The normalized spacial score (nSPS) is 18.1. The average molecular weight is 375 g/mol. The summed E-state index contributed by atoms with van der Waals surface area (Å²) < 4.78 is 1.89. The highest BCUT2D eigenvalue weighted by Gasteiger charge is 2.18. The molecule has 0 aliphatic carbocycles. The van der Waals surface area contributed by atoms with E-state index in [1.54, 1.807) is 0 Å². The molecule has 0 amide bonds. The van der Waals surface area contributed by atoms with E-state index < -0.39 is 0 Å². The Morgan fingerprint density at radius 1 is 1.11 bits per heavy atom. The van der Waals surface area contributed by atoms with E-state index in [-0.39, 0.29) is 0 Å². The SMILES string of the molecule is CC1=Nc2ccc(-c3ccn4nc(NC5CCN(C)CC5)ncc34)nc2CC1. The number of fused-ring (bicyclic) bond motifs is 2. The molecule has 0 atom stereocenters. The van der Waals surface area contributed by atoms with Gasteiger partial charge in [-0.2, -0.15) is 0 Å². The second-order valence-corrected chi connectivity index (χ2v) is 7.87. The van der Waals surface area contributed by atoms with Crippen molar-refractivity contribution in [3.63, 3.8) is 0 Å². The molecule has 2 aliphatic rings. The predicted octanol–water partition coefficient (Wildman–Crippen LogP) is 3.34. The molecule has 0 spiro atoms. The Morgan fingerprint density at radius 2 is 1.96 bits per heavy atom. The number of nitrogens with zero attached hydrogens (tertiary/aromatic N) is 6. The summed E-state index contributed by atoms with van der Waals surface area (Å²) in [4.78, 5) is 16.4. The summed E-state index contributed by atoms with van der Waals surface area (Å²) in [6, 6.07) is 6.62. The highest BCUT2D eigenvalue weighted by atomic mass is 15.3. The second kappa shape index (κ2) is 6.98. The molecule has 1 N–H and O–H groups in total. The summed E-state index contributed by atoms with van der Waals surface area (Å²) in [7, 11) is 2.17. The van der Waals surface area contributed by atoms with Crippen LogP contribution in [-0.2, 0) is 6.42 Å². The van der Waals surface area contributed by atoms with E-state index in [1.807, 2.05) is 23.0 Å². The van der Waals surface area contributed by atoms with Crippen molar-refractivity contribution in [3.05, 3.63) is 36.3 Å². The van der Waals surface area contributed by atoms with Crippen LogP contribution in [0.1, 0.15) is 31.9 Å². The fourth-order valence-corrected chi connectivity index (χ4v) is 4.01. The van der Waals surface area contributed by atoms with Gasteiger partial charge in [-0.05, 0) is 70.9 Å². The Kier molecular flexibility index (Phi) is 4.31. The molecule has 144 valence electrons. The van der Waals surface area contributed by atoms with Gasteiger partial charge in [0.2, 0.25) is 5.95 Å².